The van der Waals surface area contributed by atoms with Crippen molar-refractivity contribution in [1.82, 2.24) is 0 Å². The second kappa shape index (κ2) is 4.55. The minimum Gasteiger partial charge on any atom is -0.262 e. The first-order valence-electron chi connectivity index (χ1n) is 7.41. The first kappa shape index (κ1) is 13.3. The van der Waals surface area contributed by atoms with Crippen molar-refractivity contribution in [1.29, 1.82) is 0 Å². The van der Waals surface area contributed by atoms with E-state index < -0.39 is 10.1 Å². The molecular weight excluding hydrogens is 284 g/mol. The molecule has 0 bridgehead atoms. The van der Waals surface area contributed by atoms with Crippen molar-refractivity contribution in [3.8, 4) is 0 Å². The van der Waals surface area contributed by atoms with Gasteiger partial charge in [-0.05, 0) is 43.2 Å². The van der Waals surface area contributed by atoms with Crippen LogP contribution in [0.1, 0.15) is 12.0 Å². The molecule has 0 amide bonds. The number of aryl methyl sites for hydroxylation is 1. The summed E-state index contributed by atoms with van der Waals surface area (Å²) in [5.74, 6) is 1.70. The summed E-state index contributed by atoms with van der Waals surface area (Å²) in [6.07, 6.45) is 9.40. The lowest BCUT2D eigenvalue weighted by molar-refractivity contribution is 0.176. The Bertz CT molecular complexity index is 715. The molecule has 1 fully saturated rings. The van der Waals surface area contributed by atoms with Gasteiger partial charge < -0.3 is 0 Å². The first-order chi connectivity index (χ1) is 10.0. The molecular formula is C17H18O3S. The van der Waals surface area contributed by atoms with Gasteiger partial charge in [0.1, 0.15) is 0 Å². The molecule has 3 aliphatic carbocycles. The van der Waals surface area contributed by atoms with E-state index in [1.54, 1.807) is 24.3 Å². The number of hydrogen-bond donors (Lipinski definition) is 0. The lowest BCUT2D eigenvalue weighted by Gasteiger charge is -2.19. The van der Waals surface area contributed by atoms with Crippen molar-refractivity contribution in [2.45, 2.75) is 24.3 Å². The molecule has 0 spiro atoms. The molecule has 0 saturated heterocycles. The fourth-order valence-electron chi connectivity index (χ4n) is 3.99. The summed E-state index contributed by atoms with van der Waals surface area (Å²) in [5, 5.41) is 0. The van der Waals surface area contributed by atoms with E-state index in [1.165, 1.54) is 0 Å². The van der Waals surface area contributed by atoms with Crippen molar-refractivity contribution in [3.05, 3.63) is 54.1 Å². The van der Waals surface area contributed by atoms with Crippen LogP contribution in [0, 0.1) is 30.6 Å². The maximum atomic E-state index is 12.4. The summed E-state index contributed by atoms with van der Waals surface area (Å²) in [6.45, 7) is 1.94. The van der Waals surface area contributed by atoms with E-state index in [0.29, 0.717) is 17.8 Å². The van der Waals surface area contributed by atoms with Gasteiger partial charge in [0.05, 0.1) is 11.0 Å². The minimum absolute atomic E-state index is 0.225. The van der Waals surface area contributed by atoms with Crippen LogP contribution in [0.25, 0.3) is 0 Å². The molecule has 4 heteroatoms. The van der Waals surface area contributed by atoms with E-state index in [1.807, 2.05) is 6.92 Å². The molecule has 0 aromatic heterocycles. The van der Waals surface area contributed by atoms with Gasteiger partial charge in [-0.15, -0.1) is 0 Å². The van der Waals surface area contributed by atoms with Crippen LogP contribution < -0.4 is 0 Å². The Morgan fingerprint density at radius 1 is 1.05 bits per heavy atom. The Kier molecular flexibility index (Phi) is 2.88. The Morgan fingerprint density at radius 2 is 1.76 bits per heavy atom. The first-order valence-corrected chi connectivity index (χ1v) is 8.82. The molecule has 0 heterocycles. The van der Waals surface area contributed by atoms with Gasteiger partial charge in [0.2, 0.25) is 0 Å². The van der Waals surface area contributed by atoms with Crippen LogP contribution in [0.5, 0.6) is 0 Å². The van der Waals surface area contributed by atoms with Crippen LogP contribution in [-0.4, -0.2) is 14.5 Å². The van der Waals surface area contributed by atoms with Crippen LogP contribution in [0.3, 0.4) is 0 Å². The Labute approximate surface area is 125 Å². The molecule has 3 aliphatic rings. The molecule has 0 aliphatic heterocycles. The number of rotatable bonds is 3. The van der Waals surface area contributed by atoms with Gasteiger partial charge in [0.15, 0.2) is 0 Å². The maximum Gasteiger partial charge on any atom is 0.297 e. The fourth-order valence-corrected chi connectivity index (χ4v) is 5.10. The van der Waals surface area contributed by atoms with Crippen LogP contribution >= 0.6 is 0 Å². The van der Waals surface area contributed by atoms with Crippen molar-refractivity contribution in [2.75, 3.05) is 0 Å². The fraction of sp³-hybridized carbons (Fsp3) is 0.412. The average Bonchev–Trinajstić information content (AvgIpc) is 3.08. The Hall–Kier alpha value is -1.39. The lowest BCUT2D eigenvalue weighted by Crippen LogP contribution is -2.23. The Morgan fingerprint density at radius 3 is 2.52 bits per heavy atom. The minimum atomic E-state index is -3.67. The molecule has 1 aromatic carbocycles. The molecule has 1 saturated carbocycles. The smallest absolute Gasteiger partial charge is 0.262 e. The highest BCUT2D eigenvalue weighted by atomic mass is 32.2. The number of allylic oxidation sites excluding steroid dienone is 3. The summed E-state index contributed by atoms with van der Waals surface area (Å²) >= 11 is 0. The molecule has 21 heavy (non-hydrogen) atoms. The average molecular weight is 302 g/mol. The van der Waals surface area contributed by atoms with E-state index in [-0.39, 0.29) is 16.9 Å². The van der Waals surface area contributed by atoms with E-state index in [9.17, 15) is 8.42 Å². The van der Waals surface area contributed by atoms with Crippen molar-refractivity contribution < 1.29 is 12.6 Å². The maximum absolute atomic E-state index is 12.4. The van der Waals surface area contributed by atoms with Crippen LogP contribution in [-0.2, 0) is 14.3 Å². The molecule has 5 atom stereocenters. The van der Waals surface area contributed by atoms with E-state index in [2.05, 4.69) is 24.3 Å². The van der Waals surface area contributed by atoms with Crippen molar-refractivity contribution in [3.63, 3.8) is 0 Å². The van der Waals surface area contributed by atoms with Gasteiger partial charge in [-0.25, -0.2) is 0 Å². The van der Waals surface area contributed by atoms with Gasteiger partial charge in [0, 0.05) is 5.92 Å². The highest BCUT2D eigenvalue weighted by Gasteiger charge is 2.50. The van der Waals surface area contributed by atoms with Crippen molar-refractivity contribution in [2.24, 2.45) is 23.7 Å². The monoisotopic (exact) mass is 302 g/mol. The van der Waals surface area contributed by atoms with E-state index >= 15 is 0 Å². The molecule has 4 rings (SSSR count). The second-order valence-corrected chi connectivity index (χ2v) is 7.88. The lowest BCUT2D eigenvalue weighted by atomic mass is 9.90. The zero-order chi connectivity index (χ0) is 14.6. The Balaban J connectivity index is 1.58. The summed E-state index contributed by atoms with van der Waals surface area (Å²) in [7, 11) is -3.67. The van der Waals surface area contributed by atoms with E-state index in [0.717, 1.165) is 12.0 Å². The van der Waals surface area contributed by atoms with Gasteiger partial charge in [-0.1, -0.05) is 42.0 Å². The quantitative estimate of drug-likeness (QED) is 0.636. The third-order valence-corrected chi connectivity index (χ3v) is 6.36. The van der Waals surface area contributed by atoms with Gasteiger partial charge >= 0.3 is 0 Å². The summed E-state index contributed by atoms with van der Waals surface area (Å²) in [5.41, 5.74) is 1.04. The van der Waals surface area contributed by atoms with Crippen molar-refractivity contribution >= 4 is 10.1 Å². The molecule has 0 radical (unpaired) electrons. The number of hydrogen-bond acceptors (Lipinski definition) is 3. The van der Waals surface area contributed by atoms with Gasteiger partial charge in [-0.2, -0.15) is 8.42 Å². The highest BCUT2D eigenvalue weighted by molar-refractivity contribution is 7.86. The largest absolute Gasteiger partial charge is 0.297 e. The third kappa shape index (κ3) is 2.09. The van der Waals surface area contributed by atoms with Crippen LogP contribution in [0.2, 0.25) is 0 Å². The molecule has 1 aromatic rings. The van der Waals surface area contributed by atoms with Crippen LogP contribution in [0.4, 0.5) is 0 Å². The number of benzene rings is 1. The highest BCUT2D eigenvalue weighted by Crippen LogP contribution is 2.53. The topological polar surface area (TPSA) is 43.4 Å². The molecule has 3 nitrogen and oxygen atoms in total. The molecule has 0 N–H and O–H groups in total. The van der Waals surface area contributed by atoms with Gasteiger partial charge in [-0.3, -0.25) is 4.18 Å². The summed E-state index contributed by atoms with van der Waals surface area (Å²) < 4.78 is 30.4. The standard InChI is InChI=1S/C17H18O3S/c1-11-2-7-14(8-3-11)21(18,19)20-16-10-13-5-4-12-6-9-15(16)17(12)13/h2-9,12-13,15-17H,10H2,1H3/t12?,13?,15?,16-,17?/m0/s1. The summed E-state index contributed by atoms with van der Waals surface area (Å²) in [6, 6.07) is 6.84. The van der Waals surface area contributed by atoms with Gasteiger partial charge in [0.25, 0.3) is 10.1 Å². The zero-order valence-corrected chi connectivity index (χ0v) is 12.7. The molecule has 110 valence electrons. The summed E-state index contributed by atoms with van der Waals surface area (Å²) in [4.78, 5) is 0.249. The third-order valence-electron chi connectivity index (χ3n) is 5.01. The predicted molar refractivity (Wildman–Crippen MR) is 80.1 cm³/mol. The zero-order valence-electron chi connectivity index (χ0n) is 11.8. The molecule has 4 unspecified atom stereocenters. The normalized spacial score (nSPS) is 36.3. The predicted octanol–water partition coefficient (Wildman–Crippen LogP) is 3.08. The second-order valence-electron chi connectivity index (χ2n) is 6.30. The van der Waals surface area contributed by atoms with Crippen LogP contribution in [0.15, 0.2) is 53.5 Å². The van der Waals surface area contributed by atoms with E-state index in [4.69, 9.17) is 4.18 Å². The SMILES string of the molecule is Cc1ccc(S(=O)(=O)O[C@H]2CC3C=CC4C=CC2C43)cc1.